The van der Waals surface area contributed by atoms with Crippen LogP contribution in [0.25, 0.3) is 0 Å². The van der Waals surface area contributed by atoms with E-state index in [0.29, 0.717) is 24.6 Å². The number of hydrogen-bond donors (Lipinski definition) is 3. The Hall–Kier alpha value is -2.05. The number of hydrogen-bond acceptors (Lipinski definition) is 6. The van der Waals surface area contributed by atoms with Crippen molar-refractivity contribution in [2.45, 2.75) is 32.6 Å². The fraction of sp³-hybridized carbons (Fsp3) is 0.643. The predicted octanol–water partition coefficient (Wildman–Crippen LogP) is 1.57. The van der Waals surface area contributed by atoms with Crippen LogP contribution in [-0.4, -0.2) is 40.7 Å². The first-order valence-electron chi connectivity index (χ1n) is 7.46. The van der Waals surface area contributed by atoms with Gasteiger partial charge in [-0.25, -0.2) is 0 Å². The largest absolute Gasteiger partial charge is 0.481 e. The first-order chi connectivity index (χ1) is 10.1. The van der Waals surface area contributed by atoms with Crippen LogP contribution in [0.4, 0.5) is 17.6 Å². The van der Waals surface area contributed by atoms with Gasteiger partial charge in [0.15, 0.2) is 0 Å². The average Bonchev–Trinajstić information content (AvgIpc) is 2.47. The molecule has 116 valence electrons. The van der Waals surface area contributed by atoms with Crippen LogP contribution in [0.5, 0.6) is 0 Å². The Bertz CT molecular complexity index is 494. The van der Waals surface area contributed by atoms with Crippen molar-refractivity contribution in [2.75, 3.05) is 35.6 Å². The quantitative estimate of drug-likeness (QED) is 0.684. The van der Waals surface area contributed by atoms with E-state index in [9.17, 15) is 4.79 Å². The average molecular weight is 293 g/mol. The van der Waals surface area contributed by atoms with Gasteiger partial charge in [0.2, 0.25) is 5.95 Å². The number of carboxylic acids is 1. The molecule has 21 heavy (non-hydrogen) atoms. The topological polar surface area (TPSA) is 104 Å². The van der Waals surface area contributed by atoms with Crippen molar-refractivity contribution < 1.29 is 9.90 Å². The highest BCUT2D eigenvalue weighted by Crippen LogP contribution is 2.24. The third kappa shape index (κ3) is 4.21. The van der Waals surface area contributed by atoms with E-state index in [0.717, 1.165) is 32.4 Å². The molecule has 1 fully saturated rings. The number of nitrogens with zero attached hydrogens (tertiary/aromatic N) is 3. The third-order valence-electron chi connectivity index (χ3n) is 3.66. The van der Waals surface area contributed by atoms with Gasteiger partial charge in [-0.05, 0) is 19.3 Å². The summed E-state index contributed by atoms with van der Waals surface area (Å²) in [5.74, 6) is 0.522. The first kappa shape index (κ1) is 15.3. The number of piperidine rings is 1. The number of nitrogen functional groups attached to an aromatic ring is 1. The molecule has 1 unspecified atom stereocenters. The van der Waals surface area contributed by atoms with Crippen LogP contribution >= 0.6 is 0 Å². The molecule has 1 aliphatic rings. The molecule has 0 bridgehead atoms. The normalized spacial score (nSPS) is 18.5. The monoisotopic (exact) mass is 293 g/mol. The summed E-state index contributed by atoms with van der Waals surface area (Å²) in [6.07, 6.45) is 3.73. The van der Waals surface area contributed by atoms with Gasteiger partial charge in [0, 0.05) is 25.7 Å². The highest BCUT2D eigenvalue weighted by atomic mass is 16.4. The number of aliphatic carboxylic acids is 1. The van der Waals surface area contributed by atoms with E-state index >= 15 is 0 Å². The van der Waals surface area contributed by atoms with E-state index in [1.807, 2.05) is 11.0 Å². The lowest BCUT2D eigenvalue weighted by Gasteiger charge is -2.31. The molecule has 1 aliphatic heterocycles. The SMILES string of the molecule is CCCCNc1cc(N2CCCC(C(=O)O)C2)nc(N)n1. The number of aromatic nitrogens is 2. The van der Waals surface area contributed by atoms with Crippen molar-refractivity contribution in [3.63, 3.8) is 0 Å². The van der Waals surface area contributed by atoms with Crippen LogP contribution in [0.1, 0.15) is 32.6 Å². The van der Waals surface area contributed by atoms with Gasteiger partial charge in [0.05, 0.1) is 5.92 Å². The van der Waals surface area contributed by atoms with Crippen molar-refractivity contribution in [3.05, 3.63) is 6.07 Å². The van der Waals surface area contributed by atoms with Crippen molar-refractivity contribution in [3.8, 4) is 0 Å². The molecule has 4 N–H and O–H groups in total. The summed E-state index contributed by atoms with van der Waals surface area (Å²) in [7, 11) is 0. The Balaban J connectivity index is 2.09. The van der Waals surface area contributed by atoms with E-state index in [2.05, 4.69) is 22.2 Å². The summed E-state index contributed by atoms with van der Waals surface area (Å²) in [5.41, 5.74) is 5.76. The van der Waals surface area contributed by atoms with Gasteiger partial charge in [-0.2, -0.15) is 9.97 Å². The van der Waals surface area contributed by atoms with Gasteiger partial charge in [0.25, 0.3) is 0 Å². The van der Waals surface area contributed by atoms with Gasteiger partial charge in [-0.3, -0.25) is 4.79 Å². The van der Waals surface area contributed by atoms with Gasteiger partial charge < -0.3 is 21.1 Å². The summed E-state index contributed by atoms with van der Waals surface area (Å²) < 4.78 is 0. The minimum atomic E-state index is -0.747. The fourth-order valence-corrected chi connectivity index (χ4v) is 2.49. The maximum atomic E-state index is 11.1. The molecule has 0 aliphatic carbocycles. The summed E-state index contributed by atoms with van der Waals surface area (Å²) in [6.45, 7) is 4.24. The Morgan fingerprint density at radius 3 is 3.10 bits per heavy atom. The summed E-state index contributed by atoms with van der Waals surface area (Å²) in [5, 5.41) is 12.4. The number of unbranched alkanes of at least 4 members (excludes halogenated alkanes) is 1. The van der Waals surface area contributed by atoms with E-state index in [1.165, 1.54) is 0 Å². The first-order valence-corrected chi connectivity index (χ1v) is 7.46. The van der Waals surface area contributed by atoms with Crippen LogP contribution < -0.4 is 16.0 Å². The Morgan fingerprint density at radius 2 is 2.38 bits per heavy atom. The van der Waals surface area contributed by atoms with E-state index in [1.54, 1.807) is 0 Å². The Morgan fingerprint density at radius 1 is 1.57 bits per heavy atom. The van der Waals surface area contributed by atoms with Gasteiger partial charge in [0.1, 0.15) is 11.6 Å². The van der Waals surface area contributed by atoms with Crippen molar-refractivity contribution in [1.82, 2.24) is 9.97 Å². The maximum Gasteiger partial charge on any atom is 0.308 e. The van der Waals surface area contributed by atoms with Crippen LogP contribution in [0.15, 0.2) is 6.07 Å². The smallest absolute Gasteiger partial charge is 0.308 e. The molecule has 1 aromatic heterocycles. The van der Waals surface area contributed by atoms with Crippen LogP contribution in [0.2, 0.25) is 0 Å². The molecule has 0 saturated carbocycles. The highest BCUT2D eigenvalue weighted by molar-refractivity contribution is 5.71. The van der Waals surface area contributed by atoms with Crippen LogP contribution in [0, 0.1) is 5.92 Å². The minimum absolute atomic E-state index is 0.212. The molecular weight excluding hydrogens is 270 g/mol. The molecule has 0 aromatic carbocycles. The number of carbonyl (C=O) groups is 1. The van der Waals surface area contributed by atoms with E-state index in [4.69, 9.17) is 10.8 Å². The van der Waals surface area contributed by atoms with Crippen LogP contribution in [-0.2, 0) is 4.79 Å². The molecule has 7 heteroatoms. The molecule has 1 atom stereocenters. The number of carboxylic acid groups (broad SMARTS) is 1. The third-order valence-corrected chi connectivity index (χ3v) is 3.66. The summed E-state index contributed by atoms with van der Waals surface area (Å²) >= 11 is 0. The molecule has 2 rings (SSSR count). The van der Waals surface area contributed by atoms with Gasteiger partial charge in [-0.15, -0.1) is 0 Å². The standard InChI is InChI=1S/C14H23N5O2/c1-2-3-6-16-11-8-12(18-14(15)17-11)19-7-4-5-10(9-19)13(20)21/h8,10H,2-7,9H2,1H3,(H,20,21)(H3,15,16,17,18). The second-order valence-electron chi connectivity index (χ2n) is 5.37. The van der Waals surface area contributed by atoms with Crippen molar-refractivity contribution >= 4 is 23.6 Å². The molecule has 1 aromatic rings. The summed E-state index contributed by atoms with van der Waals surface area (Å²) in [6, 6.07) is 1.84. The molecule has 1 saturated heterocycles. The number of nitrogens with two attached hydrogens (primary N) is 1. The second kappa shape index (κ2) is 7.10. The molecule has 2 heterocycles. The Labute approximate surface area is 124 Å². The lowest BCUT2D eigenvalue weighted by atomic mass is 9.98. The summed E-state index contributed by atoms with van der Waals surface area (Å²) in [4.78, 5) is 21.5. The fourth-order valence-electron chi connectivity index (χ4n) is 2.49. The second-order valence-corrected chi connectivity index (χ2v) is 5.37. The number of rotatable bonds is 6. The maximum absolute atomic E-state index is 11.1. The van der Waals surface area contributed by atoms with E-state index < -0.39 is 5.97 Å². The molecule has 0 amide bonds. The molecule has 0 radical (unpaired) electrons. The predicted molar refractivity (Wildman–Crippen MR) is 82.4 cm³/mol. The zero-order valence-electron chi connectivity index (χ0n) is 12.4. The van der Waals surface area contributed by atoms with Gasteiger partial charge >= 0.3 is 5.97 Å². The number of anilines is 3. The van der Waals surface area contributed by atoms with E-state index in [-0.39, 0.29) is 11.9 Å². The van der Waals surface area contributed by atoms with Crippen molar-refractivity contribution in [1.29, 1.82) is 0 Å². The molecule has 7 nitrogen and oxygen atoms in total. The zero-order chi connectivity index (χ0) is 15.2. The van der Waals surface area contributed by atoms with Crippen LogP contribution in [0.3, 0.4) is 0 Å². The highest BCUT2D eigenvalue weighted by Gasteiger charge is 2.26. The lowest BCUT2D eigenvalue weighted by molar-refractivity contribution is -0.141. The number of nitrogens with one attached hydrogen (secondary N) is 1. The van der Waals surface area contributed by atoms with Crippen molar-refractivity contribution in [2.24, 2.45) is 5.92 Å². The molecular formula is C14H23N5O2. The minimum Gasteiger partial charge on any atom is -0.481 e. The molecule has 0 spiro atoms. The van der Waals surface area contributed by atoms with Gasteiger partial charge in [-0.1, -0.05) is 13.3 Å². The lowest BCUT2D eigenvalue weighted by Crippen LogP contribution is -2.39. The zero-order valence-corrected chi connectivity index (χ0v) is 12.4. The Kier molecular flexibility index (Phi) is 5.19.